The van der Waals surface area contributed by atoms with Gasteiger partial charge in [-0.3, -0.25) is 4.79 Å². The topological polar surface area (TPSA) is 35.5 Å². The summed E-state index contributed by atoms with van der Waals surface area (Å²) in [6.45, 7) is 4.46. The molecule has 0 aromatic heterocycles. The van der Waals surface area contributed by atoms with Gasteiger partial charge in [-0.25, -0.2) is 0 Å². The second kappa shape index (κ2) is 6.53. The molecule has 0 amide bonds. The molecule has 0 N–H and O–H groups in total. The molecule has 1 atom stereocenters. The van der Waals surface area contributed by atoms with E-state index in [4.69, 9.17) is 9.47 Å². The summed E-state index contributed by atoms with van der Waals surface area (Å²) in [7, 11) is 0. The van der Waals surface area contributed by atoms with Crippen LogP contribution in [0.5, 0.6) is 11.5 Å². The number of benzene rings is 1. The van der Waals surface area contributed by atoms with E-state index in [1.54, 1.807) is 24.3 Å². The molecule has 1 aromatic carbocycles. The molecule has 0 fully saturated rings. The van der Waals surface area contributed by atoms with E-state index < -0.39 is 0 Å². The summed E-state index contributed by atoms with van der Waals surface area (Å²) in [5.41, 5.74) is 0. The van der Waals surface area contributed by atoms with Crippen LogP contribution in [0.1, 0.15) is 20.3 Å². The third kappa shape index (κ3) is 3.85. The van der Waals surface area contributed by atoms with E-state index in [-0.39, 0.29) is 10.8 Å². The summed E-state index contributed by atoms with van der Waals surface area (Å²) < 4.78 is 10.4. The molecule has 1 rings (SSSR count). The molecule has 0 spiro atoms. The largest absolute Gasteiger partial charge is 0.494 e. The number of rotatable bonds is 5. The van der Waals surface area contributed by atoms with E-state index in [1.807, 2.05) is 13.8 Å². The quantitative estimate of drug-likeness (QED) is 0.474. The molecular weight excluding hydrogens is 272 g/mol. The van der Waals surface area contributed by atoms with Gasteiger partial charge in [0.2, 0.25) is 0 Å². The van der Waals surface area contributed by atoms with E-state index in [1.165, 1.54) is 0 Å². The van der Waals surface area contributed by atoms with Gasteiger partial charge < -0.3 is 9.47 Å². The van der Waals surface area contributed by atoms with Crippen molar-refractivity contribution in [3.05, 3.63) is 24.3 Å². The molecule has 0 aliphatic carbocycles. The monoisotopic (exact) mass is 286 g/mol. The van der Waals surface area contributed by atoms with E-state index in [0.29, 0.717) is 18.8 Å². The van der Waals surface area contributed by atoms with Crippen LogP contribution in [-0.4, -0.2) is 17.4 Å². The molecule has 0 aliphatic rings. The fraction of sp³-hybridized carbons (Fsp3) is 0.417. The second-order valence-electron chi connectivity index (χ2n) is 3.20. The van der Waals surface area contributed by atoms with Crippen LogP contribution in [0.3, 0.4) is 0 Å². The molecule has 0 heterocycles. The summed E-state index contributed by atoms with van der Waals surface area (Å²) in [4.78, 5) is 11.2. The van der Waals surface area contributed by atoms with Crippen LogP contribution in [0.2, 0.25) is 0 Å². The fourth-order valence-corrected chi connectivity index (χ4v) is 1.21. The molecule has 0 saturated carbocycles. The Morgan fingerprint density at radius 3 is 2.31 bits per heavy atom. The van der Waals surface area contributed by atoms with Crippen LogP contribution in [0.15, 0.2) is 24.3 Å². The highest BCUT2D eigenvalue weighted by molar-refractivity contribution is 9.10. The molecule has 0 aliphatic heterocycles. The summed E-state index contributed by atoms with van der Waals surface area (Å²) >= 11 is 3.24. The first-order valence-corrected chi connectivity index (χ1v) is 6.17. The minimum atomic E-state index is -0.272. The Bertz CT molecular complexity index is 335. The number of halogens is 1. The van der Waals surface area contributed by atoms with Gasteiger partial charge in [0.15, 0.2) is 0 Å². The lowest BCUT2D eigenvalue weighted by Crippen LogP contribution is -2.19. The molecule has 0 bridgehead atoms. The molecule has 0 saturated heterocycles. The lowest BCUT2D eigenvalue weighted by Gasteiger charge is -2.08. The number of hydrogen-bond donors (Lipinski definition) is 0. The molecule has 88 valence electrons. The molecule has 0 radical (unpaired) electrons. The van der Waals surface area contributed by atoms with Crippen LogP contribution in [0.4, 0.5) is 0 Å². The summed E-state index contributed by atoms with van der Waals surface area (Å²) in [6, 6.07) is 7.00. The van der Waals surface area contributed by atoms with Crippen molar-refractivity contribution in [2.24, 2.45) is 0 Å². The van der Waals surface area contributed by atoms with Crippen molar-refractivity contribution in [2.45, 2.75) is 25.1 Å². The first kappa shape index (κ1) is 13.0. The lowest BCUT2D eigenvalue weighted by molar-refractivity contribution is -0.133. The standard InChI is InChI=1S/C12H15BrO3/c1-3-11(13)12(14)16-10-7-5-9(6-8-10)15-4-2/h5-8,11H,3-4H2,1-2H3/t11-/m0/s1. The van der Waals surface area contributed by atoms with Gasteiger partial charge in [0.1, 0.15) is 16.3 Å². The maximum atomic E-state index is 11.5. The highest BCUT2D eigenvalue weighted by atomic mass is 79.9. The lowest BCUT2D eigenvalue weighted by atomic mass is 10.3. The Balaban J connectivity index is 2.58. The Hall–Kier alpha value is -1.03. The third-order valence-corrected chi connectivity index (χ3v) is 2.99. The number of alkyl halides is 1. The minimum absolute atomic E-state index is 0.251. The maximum absolute atomic E-state index is 11.5. The molecule has 3 nitrogen and oxygen atoms in total. The number of carbonyl (C=O) groups is 1. The number of hydrogen-bond acceptors (Lipinski definition) is 3. The van der Waals surface area contributed by atoms with Gasteiger partial charge in [0, 0.05) is 0 Å². The minimum Gasteiger partial charge on any atom is -0.494 e. The van der Waals surface area contributed by atoms with Crippen molar-refractivity contribution in [2.75, 3.05) is 6.61 Å². The van der Waals surface area contributed by atoms with Crippen molar-refractivity contribution in [3.8, 4) is 11.5 Å². The Morgan fingerprint density at radius 2 is 1.81 bits per heavy atom. The average molecular weight is 287 g/mol. The van der Waals surface area contributed by atoms with Gasteiger partial charge in [-0.2, -0.15) is 0 Å². The van der Waals surface area contributed by atoms with E-state index in [0.717, 1.165) is 5.75 Å². The first-order valence-electron chi connectivity index (χ1n) is 5.26. The average Bonchev–Trinajstić information content (AvgIpc) is 2.31. The predicted octanol–water partition coefficient (Wildman–Crippen LogP) is 3.16. The first-order chi connectivity index (χ1) is 7.67. The molecule has 0 unspecified atom stereocenters. The van der Waals surface area contributed by atoms with Crippen molar-refractivity contribution < 1.29 is 14.3 Å². The van der Waals surface area contributed by atoms with Crippen molar-refractivity contribution in [1.82, 2.24) is 0 Å². The van der Waals surface area contributed by atoms with Gasteiger partial charge in [-0.15, -0.1) is 0 Å². The van der Waals surface area contributed by atoms with Crippen LogP contribution >= 0.6 is 15.9 Å². The van der Waals surface area contributed by atoms with Crippen LogP contribution in [-0.2, 0) is 4.79 Å². The van der Waals surface area contributed by atoms with Crippen molar-refractivity contribution in [3.63, 3.8) is 0 Å². The van der Waals surface area contributed by atoms with Crippen LogP contribution in [0, 0.1) is 0 Å². The Kier molecular flexibility index (Phi) is 5.32. The molecule has 4 heteroatoms. The van der Waals surface area contributed by atoms with Gasteiger partial charge in [0.05, 0.1) is 6.61 Å². The summed E-state index contributed by atoms with van der Waals surface area (Å²) in [6.07, 6.45) is 0.704. The second-order valence-corrected chi connectivity index (χ2v) is 4.31. The van der Waals surface area contributed by atoms with Gasteiger partial charge in [-0.05, 0) is 37.6 Å². The Morgan fingerprint density at radius 1 is 1.25 bits per heavy atom. The van der Waals surface area contributed by atoms with Crippen LogP contribution < -0.4 is 9.47 Å². The molecular formula is C12H15BrO3. The zero-order valence-corrected chi connectivity index (χ0v) is 11.0. The van der Waals surface area contributed by atoms with Gasteiger partial charge in [0.25, 0.3) is 0 Å². The van der Waals surface area contributed by atoms with E-state index >= 15 is 0 Å². The van der Waals surface area contributed by atoms with Crippen molar-refractivity contribution in [1.29, 1.82) is 0 Å². The highest BCUT2D eigenvalue weighted by Gasteiger charge is 2.14. The zero-order chi connectivity index (χ0) is 12.0. The SMILES string of the molecule is CCOc1ccc(OC(=O)[C@@H](Br)CC)cc1. The zero-order valence-electron chi connectivity index (χ0n) is 9.40. The van der Waals surface area contributed by atoms with Gasteiger partial charge >= 0.3 is 5.97 Å². The number of esters is 1. The van der Waals surface area contributed by atoms with Gasteiger partial charge in [-0.1, -0.05) is 22.9 Å². The highest BCUT2D eigenvalue weighted by Crippen LogP contribution is 2.19. The maximum Gasteiger partial charge on any atom is 0.325 e. The molecule has 16 heavy (non-hydrogen) atoms. The fourth-order valence-electron chi connectivity index (χ4n) is 1.12. The number of carbonyl (C=O) groups excluding carboxylic acids is 1. The van der Waals surface area contributed by atoms with E-state index in [2.05, 4.69) is 15.9 Å². The molecule has 1 aromatic rings. The predicted molar refractivity (Wildman–Crippen MR) is 66.3 cm³/mol. The summed E-state index contributed by atoms with van der Waals surface area (Å²) in [5.74, 6) is 1.03. The normalized spacial score (nSPS) is 11.9. The van der Waals surface area contributed by atoms with Crippen molar-refractivity contribution >= 4 is 21.9 Å². The number of ether oxygens (including phenoxy) is 2. The third-order valence-electron chi connectivity index (χ3n) is 1.97. The smallest absolute Gasteiger partial charge is 0.325 e. The summed E-state index contributed by atoms with van der Waals surface area (Å²) in [5, 5.41) is 0. The Labute approximate surface area is 104 Å². The van der Waals surface area contributed by atoms with E-state index in [9.17, 15) is 4.79 Å². The van der Waals surface area contributed by atoms with Crippen LogP contribution in [0.25, 0.3) is 0 Å².